The average molecular weight is 499 g/mol. The molecule has 0 bridgehead atoms. The van der Waals surface area contributed by atoms with E-state index in [1.807, 2.05) is 25.1 Å². The highest BCUT2D eigenvalue weighted by Gasteiger charge is 2.16. The average Bonchev–Trinajstić information content (AvgIpc) is 2.84. The maximum absolute atomic E-state index is 12.0. The van der Waals surface area contributed by atoms with Gasteiger partial charge in [-0.1, -0.05) is 48.0 Å². The first-order valence-electron chi connectivity index (χ1n) is 10.6. The van der Waals surface area contributed by atoms with Gasteiger partial charge >= 0.3 is 6.03 Å². The zero-order chi connectivity index (χ0) is 24.9. The third-order valence-corrected chi connectivity index (χ3v) is 7.09. The van der Waals surface area contributed by atoms with Crippen molar-refractivity contribution in [3.05, 3.63) is 88.4 Å². The van der Waals surface area contributed by atoms with Gasteiger partial charge < -0.3 is 10.6 Å². The number of urea groups is 1. The Morgan fingerprint density at radius 1 is 0.971 bits per heavy atom. The molecular formula is C25H27ClN4O3S. The van der Waals surface area contributed by atoms with Crippen molar-refractivity contribution in [2.75, 3.05) is 14.1 Å². The van der Waals surface area contributed by atoms with E-state index in [1.165, 1.54) is 7.05 Å². The molecule has 3 aromatic carbocycles. The van der Waals surface area contributed by atoms with Crippen LogP contribution in [0.1, 0.15) is 23.6 Å². The molecule has 2 amide bonds. The molecule has 0 saturated carbocycles. The zero-order valence-corrected chi connectivity index (χ0v) is 20.7. The van der Waals surface area contributed by atoms with Gasteiger partial charge in [-0.25, -0.2) is 17.9 Å². The summed E-state index contributed by atoms with van der Waals surface area (Å²) in [6, 6.07) is 19.0. The van der Waals surface area contributed by atoms with E-state index in [-0.39, 0.29) is 17.0 Å². The van der Waals surface area contributed by atoms with Gasteiger partial charge in [0.25, 0.3) is 0 Å². The fraction of sp³-hybridized carbons (Fsp3) is 0.200. The highest BCUT2D eigenvalue weighted by Crippen LogP contribution is 2.27. The van der Waals surface area contributed by atoms with E-state index in [0.29, 0.717) is 22.7 Å². The van der Waals surface area contributed by atoms with Crippen LogP contribution in [0.2, 0.25) is 5.02 Å². The summed E-state index contributed by atoms with van der Waals surface area (Å²) in [5, 5.41) is 14.9. The van der Waals surface area contributed by atoms with E-state index in [0.717, 1.165) is 22.3 Å². The van der Waals surface area contributed by atoms with Gasteiger partial charge in [0.2, 0.25) is 10.0 Å². The van der Waals surface area contributed by atoms with Gasteiger partial charge in [0.05, 0.1) is 10.6 Å². The second-order valence-corrected chi connectivity index (χ2v) is 10.1. The second kappa shape index (κ2) is 10.8. The highest BCUT2D eigenvalue weighted by molar-refractivity contribution is 7.89. The molecule has 0 saturated heterocycles. The minimum absolute atomic E-state index is 0.159. The van der Waals surface area contributed by atoms with Crippen LogP contribution >= 0.6 is 11.6 Å². The van der Waals surface area contributed by atoms with E-state index in [4.69, 9.17) is 17.0 Å². The molecule has 0 radical (unpaired) electrons. The van der Waals surface area contributed by atoms with Crippen LogP contribution in [0.15, 0.2) is 71.6 Å². The number of carbonyl (C=O) groups excluding carboxylic acids is 1. The summed E-state index contributed by atoms with van der Waals surface area (Å²) in [7, 11) is -0.593. The van der Waals surface area contributed by atoms with Crippen molar-refractivity contribution in [1.29, 1.82) is 5.41 Å². The topological polar surface area (TPSA) is 111 Å². The summed E-state index contributed by atoms with van der Waals surface area (Å²) in [5.41, 5.74) is 4.33. The number of rotatable bonds is 8. The van der Waals surface area contributed by atoms with Gasteiger partial charge in [-0.15, -0.1) is 0 Å². The lowest BCUT2D eigenvalue weighted by Crippen LogP contribution is -2.40. The number of nitrogens with one attached hydrogen (secondary N) is 4. The molecule has 3 aromatic rings. The van der Waals surface area contributed by atoms with Gasteiger partial charge in [0.1, 0.15) is 0 Å². The Labute approximate surface area is 205 Å². The standard InChI is InChI=1S/C25H27ClN4O3S/c1-16(30-25(31)28-2)14-20-5-4-19(17-8-12-22(13-9-17)34(32,33)29-3)15-23(20)24(27)18-6-10-21(26)11-7-18/h4-13,15-16,27,29H,14H2,1-3H3,(H2,28,30,31). The van der Waals surface area contributed by atoms with Crippen LogP contribution in [0.5, 0.6) is 0 Å². The van der Waals surface area contributed by atoms with Crippen LogP contribution in [0.25, 0.3) is 11.1 Å². The van der Waals surface area contributed by atoms with Gasteiger partial charge in [0.15, 0.2) is 0 Å². The molecule has 1 atom stereocenters. The lowest BCUT2D eigenvalue weighted by molar-refractivity contribution is 0.240. The number of halogens is 1. The molecule has 0 aliphatic heterocycles. The first-order valence-corrected chi connectivity index (χ1v) is 12.5. The summed E-state index contributed by atoms with van der Waals surface area (Å²) in [5.74, 6) is 0. The first kappa shape index (κ1) is 25.4. The normalized spacial score (nSPS) is 12.1. The molecule has 7 nitrogen and oxygen atoms in total. The van der Waals surface area contributed by atoms with Crippen molar-refractivity contribution in [1.82, 2.24) is 15.4 Å². The van der Waals surface area contributed by atoms with E-state index >= 15 is 0 Å². The van der Waals surface area contributed by atoms with Crippen LogP contribution in [-0.4, -0.2) is 40.3 Å². The number of benzene rings is 3. The van der Waals surface area contributed by atoms with Gasteiger partial charge in [0, 0.05) is 29.2 Å². The van der Waals surface area contributed by atoms with E-state index in [9.17, 15) is 13.2 Å². The molecule has 4 N–H and O–H groups in total. The van der Waals surface area contributed by atoms with Crippen LogP contribution < -0.4 is 15.4 Å². The van der Waals surface area contributed by atoms with Crippen LogP contribution in [0.4, 0.5) is 4.79 Å². The molecular weight excluding hydrogens is 472 g/mol. The van der Waals surface area contributed by atoms with Gasteiger partial charge in [-0.3, -0.25) is 5.41 Å². The predicted molar refractivity (Wildman–Crippen MR) is 136 cm³/mol. The number of sulfonamides is 1. The Bertz CT molecular complexity index is 1290. The number of amides is 2. The fourth-order valence-corrected chi connectivity index (χ4v) is 4.42. The highest BCUT2D eigenvalue weighted by atomic mass is 35.5. The van der Waals surface area contributed by atoms with Gasteiger partial charge in [-0.05, 0) is 67.4 Å². The third-order valence-electron chi connectivity index (χ3n) is 5.41. The summed E-state index contributed by atoms with van der Waals surface area (Å²) >= 11 is 6.02. The van der Waals surface area contributed by atoms with Crippen LogP contribution in [0, 0.1) is 5.41 Å². The molecule has 178 valence electrons. The second-order valence-electron chi connectivity index (χ2n) is 7.81. The van der Waals surface area contributed by atoms with E-state index in [2.05, 4.69) is 15.4 Å². The molecule has 0 aliphatic rings. The van der Waals surface area contributed by atoms with Crippen molar-refractivity contribution >= 4 is 33.4 Å². The lowest BCUT2D eigenvalue weighted by Gasteiger charge is -2.18. The number of carbonyl (C=O) groups is 1. The Hall–Kier alpha value is -3.20. The largest absolute Gasteiger partial charge is 0.341 e. The summed E-state index contributed by atoms with van der Waals surface area (Å²) in [6.07, 6.45) is 0.526. The molecule has 3 rings (SSSR count). The molecule has 0 spiro atoms. The summed E-state index contributed by atoms with van der Waals surface area (Å²) < 4.78 is 26.4. The molecule has 0 heterocycles. The lowest BCUT2D eigenvalue weighted by atomic mass is 9.91. The van der Waals surface area contributed by atoms with Crippen molar-refractivity contribution in [3.63, 3.8) is 0 Å². The monoisotopic (exact) mass is 498 g/mol. The number of hydrogen-bond donors (Lipinski definition) is 4. The van der Waals surface area contributed by atoms with E-state index in [1.54, 1.807) is 55.6 Å². The van der Waals surface area contributed by atoms with Crippen molar-refractivity contribution in [2.24, 2.45) is 0 Å². The Kier molecular flexibility index (Phi) is 8.09. The molecule has 0 aliphatic carbocycles. The van der Waals surface area contributed by atoms with Crippen LogP contribution in [-0.2, 0) is 16.4 Å². The predicted octanol–water partition coefficient (Wildman–Crippen LogP) is 4.19. The van der Waals surface area contributed by atoms with Gasteiger partial charge in [-0.2, -0.15) is 0 Å². The maximum Gasteiger partial charge on any atom is 0.314 e. The smallest absolute Gasteiger partial charge is 0.314 e. The number of hydrogen-bond acceptors (Lipinski definition) is 4. The van der Waals surface area contributed by atoms with E-state index < -0.39 is 10.0 Å². The van der Waals surface area contributed by atoms with Crippen LogP contribution in [0.3, 0.4) is 0 Å². The quantitative estimate of drug-likeness (QED) is 0.349. The summed E-state index contributed by atoms with van der Waals surface area (Å²) in [4.78, 5) is 11.9. The Morgan fingerprint density at radius 2 is 1.59 bits per heavy atom. The Balaban J connectivity index is 2.01. The van der Waals surface area contributed by atoms with Crippen molar-refractivity contribution < 1.29 is 13.2 Å². The minimum atomic E-state index is -3.53. The SMILES string of the molecule is CNC(=O)NC(C)Cc1ccc(-c2ccc(S(=O)(=O)NC)cc2)cc1C(=N)c1ccc(Cl)cc1. The molecule has 0 fully saturated rings. The van der Waals surface area contributed by atoms with Crippen molar-refractivity contribution in [2.45, 2.75) is 24.3 Å². The summed E-state index contributed by atoms with van der Waals surface area (Å²) in [6.45, 7) is 1.90. The molecule has 9 heteroatoms. The Morgan fingerprint density at radius 3 is 2.18 bits per heavy atom. The van der Waals surface area contributed by atoms with Crippen molar-refractivity contribution in [3.8, 4) is 11.1 Å². The first-order chi connectivity index (χ1) is 16.1. The maximum atomic E-state index is 12.0. The molecule has 1 unspecified atom stereocenters. The third kappa shape index (κ3) is 6.02. The molecule has 0 aromatic heterocycles. The minimum Gasteiger partial charge on any atom is -0.341 e. The molecule has 34 heavy (non-hydrogen) atoms. The fourth-order valence-electron chi connectivity index (χ4n) is 3.56. The zero-order valence-electron chi connectivity index (χ0n) is 19.1.